The Morgan fingerprint density at radius 1 is 1.42 bits per heavy atom. The second-order valence-corrected chi connectivity index (χ2v) is 2.85. The highest BCUT2D eigenvalue weighted by Crippen LogP contribution is 2.37. The van der Waals surface area contributed by atoms with Crippen LogP contribution in [0, 0.1) is 5.92 Å². The Labute approximate surface area is 75.9 Å². The zero-order valence-electron chi connectivity index (χ0n) is 8.43. The van der Waals surface area contributed by atoms with Crippen LogP contribution in [0.5, 0.6) is 0 Å². The molecule has 1 fully saturated rings. The summed E-state index contributed by atoms with van der Waals surface area (Å²) >= 11 is 0. The summed E-state index contributed by atoms with van der Waals surface area (Å²) in [5.41, 5.74) is 2.18. The van der Waals surface area contributed by atoms with E-state index in [-0.39, 0.29) is 0 Å². The van der Waals surface area contributed by atoms with Crippen LogP contribution in [0.1, 0.15) is 33.6 Å². The van der Waals surface area contributed by atoms with E-state index in [0.717, 1.165) is 11.3 Å². The fraction of sp³-hybridized carbons (Fsp3) is 0.545. The quantitative estimate of drug-likeness (QED) is 0.447. The number of allylic oxidation sites excluding steroid dienone is 3. The van der Waals surface area contributed by atoms with Gasteiger partial charge < -0.3 is 0 Å². The van der Waals surface area contributed by atoms with Crippen molar-refractivity contribution in [3.05, 3.63) is 23.9 Å². The van der Waals surface area contributed by atoms with Crippen LogP contribution in [0.3, 0.4) is 0 Å². The van der Waals surface area contributed by atoms with Crippen molar-refractivity contribution >= 4 is 6.72 Å². The van der Waals surface area contributed by atoms with Crippen molar-refractivity contribution in [3.8, 4) is 0 Å². The van der Waals surface area contributed by atoms with E-state index in [1.807, 2.05) is 26.8 Å². The largest absolute Gasteiger partial charge is 0.269 e. The second-order valence-electron chi connectivity index (χ2n) is 2.85. The molecule has 12 heavy (non-hydrogen) atoms. The maximum Gasteiger partial charge on any atom is 0.0429 e. The van der Waals surface area contributed by atoms with E-state index in [9.17, 15) is 0 Å². The average molecular weight is 165 g/mol. The third-order valence-electron chi connectivity index (χ3n) is 1.57. The Hall–Kier alpha value is -0.850. The van der Waals surface area contributed by atoms with Gasteiger partial charge in [-0.15, -0.1) is 0 Å². The molecule has 1 saturated carbocycles. The summed E-state index contributed by atoms with van der Waals surface area (Å²) in [7, 11) is 0. The third kappa shape index (κ3) is 4.12. The van der Waals surface area contributed by atoms with E-state index in [4.69, 9.17) is 0 Å². The molecule has 0 aliphatic heterocycles. The van der Waals surface area contributed by atoms with Gasteiger partial charge >= 0.3 is 0 Å². The lowest BCUT2D eigenvalue weighted by Gasteiger charge is -1.95. The molecular weight excluding hydrogens is 146 g/mol. The zero-order valence-corrected chi connectivity index (χ0v) is 8.43. The lowest BCUT2D eigenvalue weighted by atomic mass is 10.2. The Balaban J connectivity index is 0.000000561. The summed E-state index contributed by atoms with van der Waals surface area (Å²) in [6, 6.07) is 0. The van der Waals surface area contributed by atoms with Crippen molar-refractivity contribution in [2.75, 3.05) is 0 Å². The summed E-state index contributed by atoms with van der Waals surface area (Å²) < 4.78 is 0. The van der Waals surface area contributed by atoms with Crippen LogP contribution in [-0.4, -0.2) is 6.72 Å². The van der Waals surface area contributed by atoms with Gasteiger partial charge in [-0.3, -0.25) is 4.99 Å². The van der Waals surface area contributed by atoms with Gasteiger partial charge in [-0.25, -0.2) is 0 Å². The first-order valence-electron chi connectivity index (χ1n) is 4.58. The van der Waals surface area contributed by atoms with E-state index < -0.39 is 0 Å². The van der Waals surface area contributed by atoms with E-state index in [1.54, 1.807) is 0 Å². The van der Waals surface area contributed by atoms with Crippen LogP contribution in [0.25, 0.3) is 0 Å². The first kappa shape index (κ1) is 11.2. The highest BCUT2D eigenvalue weighted by molar-refractivity contribution is 5.33. The summed E-state index contributed by atoms with van der Waals surface area (Å²) in [4.78, 5) is 3.94. The van der Waals surface area contributed by atoms with Gasteiger partial charge in [0.15, 0.2) is 0 Å². The highest BCUT2D eigenvalue weighted by atomic mass is 14.7. The summed E-state index contributed by atoms with van der Waals surface area (Å²) in [5.74, 6) is 0.689. The van der Waals surface area contributed by atoms with Crippen molar-refractivity contribution in [2.45, 2.75) is 33.6 Å². The third-order valence-corrected chi connectivity index (χ3v) is 1.57. The van der Waals surface area contributed by atoms with Crippen molar-refractivity contribution in [3.63, 3.8) is 0 Å². The van der Waals surface area contributed by atoms with Crippen molar-refractivity contribution in [1.82, 2.24) is 0 Å². The van der Waals surface area contributed by atoms with E-state index in [0.29, 0.717) is 5.92 Å². The molecule has 0 spiro atoms. The van der Waals surface area contributed by atoms with Crippen LogP contribution in [0.15, 0.2) is 28.9 Å². The lowest BCUT2D eigenvalue weighted by Crippen LogP contribution is -1.80. The van der Waals surface area contributed by atoms with Gasteiger partial charge in [-0.2, -0.15) is 0 Å². The van der Waals surface area contributed by atoms with Crippen molar-refractivity contribution in [2.24, 2.45) is 10.9 Å². The monoisotopic (exact) mass is 165 g/mol. The molecule has 0 aromatic carbocycles. The normalized spacial score (nSPS) is 16.1. The summed E-state index contributed by atoms with van der Waals surface area (Å²) in [5, 5.41) is 0. The van der Waals surface area contributed by atoms with Crippen molar-refractivity contribution in [1.29, 1.82) is 0 Å². The number of nitrogens with zero attached hydrogens (tertiary/aromatic N) is 1. The minimum atomic E-state index is 0.689. The standard InChI is InChI=1S/C9H13N.C2H6/c1-7(2)6-9(10-3)8-4-5-8;1-2/h6,8H,1,3-5H2,2H3;1-2H3/b9-6-;. The molecule has 0 N–H and O–H groups in total. The topological polar surface area (TPSA) is 12.4 Å². The Morgan fingerprint density at radius 3 is 2.17 bits per heavy atom. The van der Waals surface area contributed by atoms with Crippen LogP contribution >= 0.6 is 0 Å². The molecule has 1 rings (SSSR count). The predicted molar refractivity (Wildman–Crippen MR) is 56.5 cm³/mol. The fourth-order valence-electron chi connectivity index (χ4n) is 0.924. The number of hydrogen-bond donors (Lipinski definition) is 0. The first-order chi connectivity index (χ1) is 5.74. The predicted octanol–water partition coefficient (Wildman–Crippen LogP) is 3.58. The van der Waals surface area contributed by atoms with Gasteiger partial charge in [0, 0.05) is 11.6 Å². The van der Waals surface area contributed by atoms with Gasteiger partial charge in [-0.05, 0) is 32.6 Å². The zero-order chi connectivity index (χ0) is 9.56. The SMILES string of the molecule is C=N/C(=C\C(=C)C)C1CC1.CC. The van der Waals surface area contributed by atoms with Gasteiger partial charge in [0.1, 0.15) is 0 Å². The molecule has 0 unspecified atom stereocenters. The summed E-state index contributed by atoms with van der Waals surface area (Å²) in [6.07, 6.45) is 4.57. The van der Waals surface area contributed by atoms with E-state index in [2.05, 4.69) is 18.3 Å². The molecule has 0 heterocycles. The molecule has 1 aliphatic rings. The maximum absolute atomic E-state index is 3.94. The van der Waals surface area contributed by atoms with Gasteiger partial charge in [-0.1, -0.05) is 26.0 Å². The van der Waals surface area contributed by atoms with Crippen molar-refractivity contribution < 1.29 is 0 Å². The molecule has 1 nitrogen and oxygen atoms in total. The minimum absolute atomic E-state index is 0.689. The van der Waals surface area contributed by atoms with E-state index in [1.165, 1.54) is 12.8 Å². The smallest absolute Gasteiger partial charge is 0.0429 e. The van der Waals surface area contributed by atoms with Crippen LogP contribution < -0.4 is 0 Å². The Morgan fingerprint density at radius 2 is 1.92 bits per heavy atom. The molecule has 1 aliphatic carbocycles. The molecule has 0 aromatic heterocycles. The lowest BCUT2D eigenvalue weighted by molar-refractivity contribution is 0.982. The second kappa shape index (κ2) is 5.76. The van der Waals surface area contributed by atoms with Crippen LogP contribution in [0.2, 0.25) is 0 Å². The molecule has 0 amide bonds. The van der Waals surface area contributed by atoms with Gasteiger partial charge in [0.05, 0.1) is 0 Å². The molecule has 0 saturated heterocycles. The first-order valence-corrected chi connectivity index (χ1v) is 4.58. The molecule has 0 aromatic rings. The molecule has 1 heteroatoms. The maximum atomic E-state index is 3.94. The summed E-state index contributed by atoms with van der Waals surface area (Å²) in [6.45, 7) is 13.3. The van der Waals surface area contributed by atoms with Gasteiger partial charge in [0.2, 0.25) is 0 Å². The number of rotatable bonds is 3. The Kier molecular flexibility index (Phi) is 5.35. The molecule has 68 valence electrons. The molecular formula is C11H19N. The molecule has 0 bridgehead atoms. The Bertz CT molecular complexity index is 185. The van der Waals surface area contributed by atoms with Crippen LogP contribution in [-0.2, 0) is 0 Å². The highest BCUT2D eigenvalue weighted by Gasteiger charge is 2.24. The van der Waals surface area contributed by atoms with Gasteiger partial charge in [0.25, 0.3) is 0 Å². The fourth-order valence-corrected chi connectivity index (χ4v) is 0.924. The number of aliphatic imine (C=N–C) groups is 1. The van der Waals surface area contributed by atoms with E-state index >= 15 is 0 Å². The molecule has 0 radical (unpaired) electrons. The minimum Gasteiger partial charge on any atom is -0.269 e. The van der Waals surface area contributed by atoms with Crippen LogP contribution in [0.4, 0.5) is 0 Å². The number of hydrogen-bond acceptors (Lipinski definition) is 1. The molecule has 0 atom stereocenters. The average Bonchev–Trinajstić information content (AvgIpc) is 2.86.